The second-order valence-electron chi connectivity index (χ2n) is 15.3. The van der Waals surface area contributed by atoms with E-state index in [2.05, 4.69) is 95.4 Å². The van der Waals surface area contributed by atoms with E-state index in [0.29, 0.717) is 35.5 Å². The van der Waals surface area contributed by atoms with E-state index in [9.17, 15) is 22.8 Å². The van der Waals surface area contributed by atoms with Crippen molar-refractivity contribution in [2.45, 2.75) is 47.9 Å². The van der Waals surface area contributed by atoms with Crippen LogP contribution in [0, 0.1) is 20.8 Å². The van der Waals surface area contributed by atoms with E-state index >= 15 is 0 Å². The molecule has 0 bridgehead atoms. The molecule has 9 rings (SSSR count). The molecule has 0 unspecified atom stereocenters. The fraction of sp³-hybridized carbons (Fsp3) is 0.220. The Morgan fingerprint density at radius 1 is 0.609 bits per heavy atom. The van der Waals surface area contributed by atoms with Gasteiger partial charge < -0.3 is 14.2 Å². The van der Waals surface area contributed by atoms with Crippen molar-refractivity contribution in [3.05, 3.63) is 179 Å². The van der Waals surface area contributed by atoms with Crippen LogP contribution in [-0.4, -0.2) is 98.6 Å². The van der Waals surface area contributed by atoms with Crippen molar-refractivity contribution in [2.75, 3.05) is 27.6 Å². The van der Waals surface area contributed by atoms with Crippen molar-refractivity contribution in [3.63, 3.8) is 0 Å². The van der Waals surface area contributed by atoms with Gasteiger partial charge in [0.05, 0.1) is 103 Å². The average Bonchev–Trinajstić information content (AvgIpc) is 4.08. The van der Waals surface area contributed by atoms with Gasteiger partial charge in [-0.3, -0.25) is 33.6 Å². The number of pyridine rings is 3. The Morgan fingerprint density at radius 3 is 1.70 bits per heavy atom. The SMILES string of the molecule is C.COC(=O)c1ccnc(COS(C)(=O)=O)c1.COC(=O)c1ccnc(Cn2cc3cc(C)ccc3n2)c1.COC(=O)c1ccnc(Cn2ncc3cc(C)ccc32)c1.Cc1ccc2[nH]ncc2c1. The van der Waals surface area contributed by atoms with Crippen LogP contribution in [0.1, 0.15) is 72.3 Å². The van der Waals surface area contributed by atoms with Crippen LogP contribution in [0.4, 0.5) is 0 Å². The summed E-state index contributed by atoms with van der Waals surface area (Å²) in [6, 6.07) is 28.2. The number of hydrogen-bond donors (Lipinski definition) is 1. The molecule has 6 heterocycles. The highest BCUT2D eigenvalue weighted by Crippen LogP contribution is 2.18. The molecule has 0 spiro atoms. The summed E-state index contributed by atoms with van der Waals surface area (Å²) in [6.45, 7) is 7.00. The Bertz CT molecular complexity index is 3300. The molecular weight excluding hydrogens is 903 g/mol. The van der Waals surface area contributed by atoms with E-state index in [4.69, 9.17) is 9.47 Å². The topological polar surface area (TPSA) is 225 Å². The van der Waals surface area contributed by atoms with Crippen molar-refractivity contribution >= 4 is 60.7 Å². The Morgan fingerprint density at radius 2 is 1.12 bits per heavy atom. The number of ether oxygens (including phenoxy) is 3. The monoisotopic (exact) mass is 955 g/mol. The third kappa shape index (κ3) is 14.9. The quantitative estimate of drug-likeness (QED) is 0.0778. The first kappa shape index (κ1) is 51.8. The Labute approximate surface area is 399 Å². The van der Waals surface area contributed by atoms with Gasteiger partial charge in [-0.2, -0.15) is 23.7 Å². The number of H-pyrrole nitrogens is 1. The van der Waals surface area contributed by atoms with Crippen LogP contribution in [0.5, 0.6) is 0 Å². The number of nitrogens with zero attached hydrogens (tertiary/aromatic N) is 8. The van der Waals surface area contributed by atoms with Gasteiger partial charge in [-0.25, -0.2) is 14.4 Å². The van der Waals surface area contributed by atoms with Crippen molar-refractivity contribution in [1.82, 2.24) is 44.7 Å². The molecule has 0 aliphatic heterocycles. The molecule has 0 radical (unpaired) electrons. The van der Waals surface area contributed by atoms with Crippen LogP contribution in [-0.2, 0) is 48.2 Å². The van der Waals surface area contributed by atoms with Crippen LogP contribution < -0.4 is 0 Å². The highest BCUT2D eigenvalue weighted by atomic mass is 32.2. The molecule has 0 fully saturated rings. The summed E-state index contributed by atoms with van der Waals surface area (Å²) in [5.41, 5.74) is 9.93. The number of aryl methyl sites for hydroxylation is 3. The largest absolute Gasteiger partial charge is 0.465 e. The first-order valence-electron chi connectivity index (χ1n) is 20.8. The molecule has 0 amide bonds. The van der Waals surface area contributed by atoms with Gasteiger partial charge in [0.25, 0.3) is 10.1 Å². The number of carbonyl (C=O) groups is 3. The Kier molecular flexibility index (Phi) is 18.1. The number of aromatic amines is 1. The molecule has 18 nitrogen and oxygen atoms in total. The third-order valence-corrected chi connectivity index (χ3v) is 10.4. The van der Waals surface area contributed by atoms with E-state index in [0.717, 1.165) is 45.0 Å². The van der Waals surface area contributed by atoms with Gasteiger partial charge in [0.2, 0.25) is 0 Å². The van der Waals surface area contributed by atoms with Crippen LogP contribution >= 0.6 is 0 Å². The molecule has 0 saturated heterocycles. The lowest BCUT2D eigenvalue weighted by atomic mass is 10.2. The number of fused-ring (bicyclic) bond motifs is 3. The molecule has 1 N–H and O–H groups in total. The molecule has 9 aromatic rings. The lowest BCUT2D eigenvalue weighted by Gasteiger charge is -2.05. The first-order chi connectivity index (χ1) is 32.6. The standard InChI is InChI=1S/2C16H15N3O2.C9H11NO5S.C8H8N2.CH4/c1-11-3-4-15-13(7-11)9-19(18-15)10-14-8-12(5-6-17-14)16(20)21-2;1-11-3-4-15-13(7-11)9-18-19(15)10-14-8-12(5-6-17-14)16(20)21-2;1-14-9(11)7-3-4-10-8(5-7)6-15-16(2,12)13;1-6-2-3-8-7(4-6)5-9-10-8;/h2*3-9H,10H2,1-2H3;3-5H,6H2,1-2H3;2-5H,1H3,(H,9,10);1H4. The number of hydrogen-bond acceptors (Lipinski definition) is 15. The molecule has 0 atom stereocenters. The van der Waals surface area contributed by atoms with Crippen LogP contribution in [0.25, 0.3) is 32.7 Å². The molecule has 69 heavy (non-hydrogen) atoms. The number of esters is 3. The number of methoxy groups -OCH3 is 3. The second-order valence-corrected chi connectivity index (χ2v) is 16.9. The van der Waals surface area contributed by atoms with Gasteiger partial charge in [-0.1, -0.05) is 42.3 Å². The summed E-state index contributed by atoms with van der Waals surface area (Å²) in [7, 11) is 0.475. The Hall–Kier alpha value is -8.16. The number of nitrogens with one attached hydrogen (secondary N) is 1. The zero-order chi connectivity index (χ0) is 48.8. The molecule has 358 valence electrons. The molecule has 19 heteroatoms. The summed E-state index contributed by atoms with van der Waals surface area (Å²) in [5.74, 6) is -1.23. The van der Waals surface area contributed by atoms with Crippen LogP contribution in [0.2, 0.25) is 0 Å². The third-order valence-electron chi connectivity index (χ3n) is 9.87. The lowest BCUT2D eigenvalue weighted by Crippen LogP contribution is -2.06. The molecule has 0 aliphatic carbocycles. The number of aromatic nitrogens is 9. The minimum atomic E-state index is -3.52. The van der Waals surface area contributed by atoms with Gasteiger partial charge in [0.15, 0.2) is 0 Å². The molecule has 0 saturated carbocycles. The van der Waals surface area contributed by atoms with Crippen molar-refractivity contribution in [1.29, 1.82) is 0 Å². The first-order valence-corrected chi connectivity index (χ1v) is 22.6. The molecular formula is C50H53N9O9S. The summed E-state index contributed by atoms with van der Waals surface area (Å²) >= 11 is 0. The van der Waals surface area contributed by atoms with Gasteiger partial charge in [-0.15, -0.1) is 0 Å². The van der Waals surface area contributed by atoms with E-state index in [-0.39, 0.29) is 26.0 Å². The van der Waals surface area contributed by atoms with Crippen LogP contribution in [0.15, 0.2) is 128 Å². The van der Waals surface area contributed by atoms with Crippen molar-refractivity contribution in [2.24, 2.45) is 0 Å². The maximum atomic E-state index is 11.5. The highest BCUT2D eigenvalue weighted by molar-refractivity contribution is 7.85. The fourth-order valence-corrected chi connectivity index (χ4v) is 6.91. The number of rotatable bonds is 10. The van der Waals surface area contributed by atoms with Crippen molar-refractivity contribution in [3.8, 4) is 0 Å². The minimum absolute atomic E-state index is 0. The average molecular weight is 956 g/mol. The summed E-state index contributed by atoms with van der Waals surface area (Å²) in [4.78, 5) is 46.6. The van der Waals surface area contributed by atoms with E-state index in [1.807, 2.05) is 52.2 Å². The summed E-state index contributed by atoms with van der Waals surface area (Å²) in [5, 5.41) is 19.1. The predicted molar refractivity (Wildman–Crippen MR) is 261 cm³/mol. The van der Waals surface area contributed by atoms with Gasteiger partial charge in [-0.05, 0) is 93.6 Å². The molecule has 3 aromatic carbocycles. The highest BCUT2D eigenvalue weighted by Gasteiger charge is 2.11. The second kappa shape index (κ2) is 24.0. The zero-order valence-corrected chi connectivity index (χ0v) is 39.2. The summed E-state index contributed by atoms with van der Waals surface area (Å²) < 4.78 is 43.7. The van der Waals surface area contributed by atoms with Gasteiger partial charge in [0, 0.05) is 40.9 Å². The zero-order valence-electron chi connectivity index (χ0n) is 38.4. The normalized spacial score (nSPS) is 10.7. The van der Waals surface area contributed by atoms with Crippen LogP contribution in [0.3, 0.4) is 0 Å². The van der Waals surface area contributed by atoms with E-state index in [1.54, 1.807) is 36.7 Å². The fourth-order valence-electron chi connectivity index (χ4n) is 6.58. The van der Waals surface area contributed by atoms with Gasteiger partial charge in [0.1, 0.15) is 6.61 Å². The van der Waals surface area contributed by atoms with E-state index in [1.165, 1.54) is 61.7 Å². The maximum absolute atomic E-state index is 11.5. The summed E-state index contributed by atoms with van der Waals surface area (Å²) in [6.07, 6.45) is 11.2. The predicted octanol–water partition coefficient (Wildman–Crippen LogP) is 8.00. The molecule has 0 aliphatic rings. The lowest BCUT2D eigenvalue weighted by molar-refractivity contribution is 0.0591. The molecule has 6 aromatic heterocycles. The minimum Gasteiger partial charge on any atom is -0.465 e. The smallest absolute Gasteiger partial charge is 0.337 e. The maximum Gasteiger partial charge on any atom is 0.337 e. The number of benzene rings is 3. The van der Waals surface area contributed by atoms with E-state index < -0.39 is 16.1 Å². The number of carbonyl (C=O) groups excluding carboxylic acids is 3. The van der Waals surface area contributed by atoms with Gasteiger partial charge >= 0.3 is 17.9 Å². The van der Waals surface area contributed by atoms with Crippen molar-refractivity contribution < 1.29 is 41.2 Å². The Balaban J connectivity index is 0.000000176.